The van der Waals surface area contributed by atoms with Gasteiger partial charge in [-0.25, -0.2) is 0 Å². The van der Waals surface area contributed by atoms with E-state index in [2.05, 4.69) is 39.5 Å². The Morgan fingerprint density at radius 2 is 1.53 bits per heavy atom. The first kappa shape index (κ1) is 14.9. The molecule has 2 nitrogen and oxygen atoms in total. The predicted octanol–water partition coefficient (Wildman–Crippen LogP) is 2.87. The molecule has 0 amide bonds. The molecule has 15 heavy (non-hydrogen) atoms. The monoisotopic (exact) mass is 214 g/mol. The Labute approximate surface area is 96.2 Å². The summed E-state index contributed by atoms with van der Waals surface area (Å²) in [6, 6.07) is 0.833. The van der Waals surface area contributed by atoms with Crippen LogP contribution in [0.5, 0.6) is 0 Å². The molecule has 0 aliphatic heterocycles. The van der Waals surface area contributed by atoms with Crippen molar-refractivity contribution in [3.63, 3.8) is 0 Å². The number of hydrogen-bond donors (Lipinski definition) is 1. The van der Waals surface area contributed by atoms with E-state index < -0.39 is 0 Å². The molecule has 0 aromatic rings. The second kappa shape index (κ2) is 8.12. The maximum atomic E-state index is 6.11. The van der Waals surface area contributed by atoms with Crippen LogP contribution in [0.4, 0.5) is 0 Å². The molecule has 92 valence electrons. The summed E-state index contributed by atoms with van der Waals surface area (Å²) in [4.78, 5) is 2.53. The van der Waals surface area contributed by atoms with Gasteiger partial charge in [0.25, 0.3) is 0 Å². The van der Waals surface area contributed by atoms with Crippen molar-refractivity contribution in [3.8, 4) is 0 Å². The molecule has 0 heterocycles. The SMILES string of the molecule is CCC(CC)CN(CC)C(C)C(N)CC. The van der Waals surface area contributed by atoms with Crippen molar-refractivity contribution in [2.24, 2.45) is 11.7 Å². The molecule has 2 heteroatoms. The maximum absolute atomic E-state index is 6.11. The summed E-state index contributed by atoms with van der Waals surface area (Å²) < 4.78 is 0. The zero-order valence-corrected chi connectivity index (χ0v) is 11.3. The highest BCUT2D eigenvalue weighted by atomic mass is 15.2. The van der Waals surface area contributed by atoms with Gasteiger partial charge >= 0.3 is 0 Å². The molecule has 0 rings (SSSR count). The molecule has 2 unspecified atom stereocenters. The van der Waals surface area contributed by atoms with Crippen LogP contribution in [0.3, 0.4) is 0 Å². The van der Waals surface area contributed by atoms with Gasteiger partial charge in [-0.05, 0) is 25.8 Å². The zero-order valence-electron chi connectivity index (χ0n) is 11.3. The lowest BCUT2D eigenvalue weighted by atomic mass is 10.00. The molecule has 0 radical (unpaired) electrons. The van der Waals surface area contributed by atoms with E-state index in [4.69, 9.17) is 5.73 Å². The van der Waals surface area contributed by atoms with Gasteiger partial charge in [0.2, 0.25) is 0 Å². The van der Waals surface area contributed by atoms with E-state index >= 15 is 0 Å². The summed E-state index contributed by atoms with van der Waals surface area (Å²) in [6.07, 6.45) is 3.63. The van der Waals surface area contributed by atoms with Crippen molar-refractivity contribution in [1.82, 2.24) is 4.90 Å². The first-order chi connectivity index (χ1) is 7.10. The quantitative estimate of drug-likeness (QED) is 0.673. The first-order valence-electron chi connectivity index (χ1n) is 6.60. The average molecular weight is 214 g/mol. The van der Waals surface area contributed by atoms with Crippen LogP contribution in [-0.4, -0.2) is 30.1 Å². The normalized spacial score (nSPS) is 16.0. The number of nitrogens with zero attached hydrogens (tertiary/aromatic N) is 1. The molecule has 0 saturated carbocycles. The van der Waals surface area contributed by atoms with E-state index in [1.54, 1.807) is 0 Å². The molecule has 0 aromatic heterocycles. The summed E-state index contributed by atoms with van der Waals surface area (Å²) in [5, 5.41) is 0. The Bertz CT molecular complexity index is 143. The number of likely N-dealkylation sites (N-methyl/N-ethyl adjacent to an activating group) is 1. The summed E-state index contributed by atoms with van der Waals surface area (Å²) in [5.41, 5.74) is 6.11. The molecule has 0 aliphatic rings. The van der Waals surface area contributed by atoms with Crippen molar-refractivity contribution < 1.29 is 0 Å². The van der Waals surface area contributed by atoms with Crippen LogP contribution >= 0.6 is 0 Å². The van der Waals surface area contributed by atoms with Gasteiger partial charge in [-0.2, -0.15) is 0 Å². The molecular weight excluding hydrogens is 184 g/mol. The number of nitrogens with two attached hydrogens (primary N) is 1. The van der Waals surface area contributed by atoms with Gasteiger partial charge in [0, 0.05) is 18.6 Å². The van der Waals surface area contributed by atoms with E-state index in [1.165, 1.54) is 19.4 Å². The minimum Gasteiger partial charge on any atom is -0.326 e. The highest BCUT2D eigenvalue weighted by Gasteiger charge is 2.19. The lowest BCUT2D eigenvalue weighted by Gasteiger charge is -2.34. The van der Waals surface area contributed by atoms with Crippen LogP contribution in [0.2, 0.25) is 0 Å². The molecule has 0 aromatic carbocycles. The fourth-order valence-electron chi connectivity index (χ4n) is 2.07. The smallest absolute Gasteiger partial charge is 0.0218 e. The highest BCUT2D eigenvalue weighted by molar-refractivity contribution is 4.78. The van der Waals surface area contributed by atoms with E-state index in [9.17, 15) is 0 Å². The predicted molar refractivity (Wildman–Crippen MR) is 69.0 cm³/mol. The lowest BCUT2D eigenvalue weighted by molar-refractivity contribution is 0.158. The fourth-order valence-corrected chi connectivity index (χ4v) is 2.07. The Morgan fingerprint density at radius 3 is 1.87 bits per heavy atom. The average Bonchev–Trinajstić information content (AvgIpc) is 2.29. The zero-order chi connectivity index (χ0) is 11.8. The largest absolute Gasteiger partial charge is 0.326 e. The Morgan fingerprint density at radius 1 is 1.00 bits per heavy atom. The van der Waals surface area contributed by atoms with E-state index in [-0.39, 0.29) is 0 Å². The summed E-state index contributed by atoms with van der Waals surface area (Å²) in [7, 11) is 0. The third kappa shape index (κ3) is 4.98. The van der Waals surface area contributed by atoms with E-state index in [0.717, 1.165) is 18.9 Å². The molecule has 0 spiro atoms. The van der Waals surface area contributed by atoms with E-state index in [0.29, 0.717) is 12.1 Å². The van der Waals surface area contributed by atoms with Gasteiger partial charge in [-0.15, -0.1) is 0 Å². The highest BCUT2D eigenvalue weighted by Crippen LogP contribution is 2.13. The second-order valence-electron chi connectivity index (χ2n) is 4.58. The van der Waals surface area contributed by atoms with Crippen LogP contribution in [0.1, 0.15) is 53.9 Å². The van der Waals surface area contributed by atoms with Crippen LogP contribution < -0.4 is 5.73 Å². The molecule has 2 N–H and O–H groups in total. The minimum absolute atomic E-state index is 0.319. The van der Waals surface area contributed by atoms with Crippen molar-refractivity contribution in [2.75, 3.05) is 13.1 Å². The summed E-state index contributed by atoms with van der Waals surface area (Å²) in [6.45, 7) is 13.6. The molecule has 0 fully saturated rings. The van der Waals surface area contributed by atoms with Crippen molar-refractivity contribution in [2.45, 2.75) is 66.0 Å². The third-order valence-corrected chi connectivity index (χ3v) is 3.72. The molecular formula is C13H30N2. The van der Waals surface area contributed by atoms with Gasteiger partial charge < -0.3 is 5.73 Å². The maximum Gasteiger partial charge on any atom is 0.0218 e. The molecule has 0 bridgehead atoms. The lowest BCUT2D eigenvalue weighted by Crippen LogP contribution is -2.47. The third-order valence-electron chi connectivity index (χ3n) is 3.72. The van der Waals surface area contributed by atoms with Crippen LogP contribution in [-0.2, 0) is 0 Å². The van der Waals surface area contributed by atoms with Crippen molar-refractivity contribution in [1.29, 1.82) is 0 Å². The minimum atomic E-state index is 0.319. The van der Waals surface area contributed by atoms with Crippen LogP contribution in [0.15, 0.2) is 0 Å². The Kier molecular flexibility index (Phi) is 8.07. The number of hydrogen-bond acceptors (Lipinski definition) is 2. The number of rotatable bonds is 8. The standard InChI is InChI=1S/C13H30N2/c1-6-12(7-2)10-15(9-4)11(5)13(14)8-3/h11-13H,6-10,14H2,1-5H3. The van der Waals surface area contributed by atoms with Crippen molar-refractivity contribution >= 4 is 0 Å². The van der Waals surface area contributed by atoms with E-state index in [1.807, 2.05) is 0 Å². The van der Waals surface area contributed by atoms with Gasteiger partial charge in [0.15, 0.2) is 0 Å². The van der Waals surface area contributed by atoms with Crippen LogP contribution in [0, 0.1) is 5.92 Å². The molecule has 0 aliphatic carbocycles. The van der Waals surface area contributed by atoms with Gasteiger partial charge in [0.1, 0.15) is 0 Å². The Balaban J connectivity index is 4.21. The Hall–Kier alpha value is -0.0800. The van der Waals surface area contributed by atoms with Gasteiger partial charge in [0.05, 0.1) is 0 Å². The molecule has 2 atom stereocenters. The van der Waals surface area contributed by atoms with Crippen LogP contribution in [0.25, 0.3) is 0 Å². The topological polar surface area (TPSA) is 29.3 Å². The summed E-state index contributed by atoms with van der Waals surface area (Å²) >= 11 is 0. The fraction of sp³-hybridized carbons (Fsp3) is 1.00. The molecule has 0 saturated heterocycles. The second-order valence-corrected chi connectivity index (χ2v) is 4.58. The van der Waals surface area contributed by atoms with Gasteiger partial charge in [-0.1, -0.05) is 40.5 Å². The first-order valence-corrected chi connectivity index (χ1v) is 6.60. The van der Waals surface area contributed by atoms with Crippen molar-refractivity contribution in [3.05, 3.63) is 0 Å². The van der Waals surface area contributed by atoms with Gasteiger partial charge in [-0.3, -0.25) is 4.90 Å². The summed E-state index contributed by atoms with van der Waals surface area (Å²) in [5.74, 6) is 0.830.